The highest BCUT2D eigenvalue weighted by Crippen LogP contribution is 2.44. The molecule has 5 atom stereocenters. The molecule has 10 heteroatoms. The highest BCUT2D eigenvalue weighted by molar-refractivity contribution is 5.79. The maximum absolute atomic E-state index is 15.6. The van der Waals surface area contributed by atoms with Crippen LogP contribution in [0.2, 0.25) is 0 Å². The zero-order valence-electron chi connectivity index (χ0n) is 22.8. The fourth-order valence-electron chi connectivity index (χ4n) is 3.84. The summed E-state index contributed by atoms with van der Waals surface area (Å²) >= 11 is 0. The second kappa shape index (κ2) is 17.6. The third kappa shape index (κ3) is 9.13. The SMILES string of the molecule is CCCCOC[C@H]1O[C@@](O)(C(F)(F)C(=O)OCC)[C@H](OCCCC)[C@@H](OCCCC)[C@@H]1OCCCC. The van der Waals surface area contributed by atoms with Gasteiger partial charge in [-0.25, -0.2) is 4.79 Å². The number of unbranched alkanes of at least 4 members (excludes halogenated alkanes) is 4. The number of halogens is 2. The Hall–Kier alpha value is -0.910. The van der Waals surface area contributed by atoms with Crippen molar-refractivity contribution in [3.05, 3.63) is 0 Å². The molecule has 0 aromatic carbocycles. The van der Waals surface area contributed by atoms with Crippen molar-refractivity contribution >= 4 is 5.97 Å². The van der Waals surface area contributed by atoms with Crippen molar-refractivity contribution in [3.8, 4) is 0 Å². The summed E-state index contributed by atoms with van der Waals surface area (Å²) < 4.78 is 65.1. The summed E-state index contributed by atoms with van der Waals surface area (Å²) in [5.41, 5.74) is 0. The Morgan fingerprint density at radius 2 is 1.33 bits per heavy atom. The number of alkyl halides is 2. The van der Waals surface area contributed by atoms with Gasteiger partial charge in [-0.05, 0) is 32.6 Å². The number of aliphatic hydroxyl groups is 1. The normalized spacial score (nSPS) is 26.8. The summed E-state index contributed by atoms with van der Waals surface area (Å²) in [5, 5.41) is 11.5. The average molecular weight is 527 g/mol. The maximum Gasteiger partial charge on any atom is 0.397 e. The molecule has 1 heterocycles. The van der Waals surface area contributed by atoms with Gasteiger partial charge in [-0.1, -0.05) is 53.4 Å². The van der Waals surface area contributed by atoms with Gasteiger partial charge in [-0.15, -0.1) is 0 Å². The molecule has 0 unspecified atom stereocenters. The number of hydrogen-bond donors (Lipinski definition) is 1. The van der Waals surface area contributed by atoms with E-state index in [2.05, 4.69) is 4.74 Å². The van der Waals surface area contributed by atoms with E-state index in [1.165, 1.54) is 6.92 Å². The molecule has 0 radical (unpaired) electrons. The second-order valence-corrected chi connectivity index (χ2v) is 9.10. The van der Waals surface area contributed by atoms with E-state index < -0.39 is 42.1 Å². The van der Waals surface area contributed by atoms with E-state index in [1.54, 1.807) is 0 Å². The molecule has 1 N–H and O–H groups in total. The molecule has 1 saturated heterocycles. The van der Waals surface area contributed by atoms with E-state index in [0.29, 0.717) is 26.1 Å². The lowest BCUT2D eigenvalue weighted by atomic mass is 9.87. The Morgan fingerprint density at radius 3 is 1.86 bits per heavy atom. The molecule has 214 valence electrons. The maximum atomic E-state index is 15.6. The van der Waals surface area contributed by atoms with Crippen LogP contribution in [0.5, 0.6) is 0 Å². The lowest BCUT2D eigenvalue weighted by Crippen LogP contribution is -2.74. The lowest BCUT2D eigenvalue weighted by Gasteiger charge is -2.51. The molecule has 0 amide bonds. The molecular formula is C26H48F2O8. The van der Waals surface area contributed by atoms with Crippen LogP contribution in [-0.4, -0.2) is 86.8 Å². The quantitative estimate of drug-likeness (QED) is 0.181. The molecular weight excluding hydrogens is 478 g/mol. The van der Waals surface area contributed by atoms with E-state index in [4.69, 9.17) is 23.7 Å². The van der Waals surface area contributed by atoms with E-state index in [-0.39, 0.29) is 26.4 Å². The predicted octanol–water partition coefficient (Wildman–Crippen LogP) is 4.64. The number of carbonyl (C=O) groups is 1. The van der Waals surface area contributed by atoms with Gasteiger partial charge in [0, 0.05) is 26.4 Å². The Labute approximate surface area is 215 Å². The minimum absolute atomic E-state index is 0.0682. The van der Waals surface area contributed by atoms with Gasteiger partial charge in [0.2, 0.25) is 0 Å². The summed E-state index contributed by atoms with van der Waals surface area (Å²) in [4.78, 5) is 12.3. The van der Waals surface area contributed by atoms with Gasteiger partial charge in [0.1, 0.15) is 24.4 Å². The van der Waals surface area contributed by atoms with Crippen LogP contribution in [-0.2, 0) is 33.2 Å². The zero-order chi connectivity index (χ0) is 27.0. The first-order valence-corrected chi connectivity index (χ1v) is 13.6. The Bertz CT molecular complexity index is 594. The standard InChI is InChI=1S/C26H48F2O8/c1-6-11-15-31-19-20-21(33-16-12-7-2)22(34-17-13-8-3)23(35-18-14-9-4)26(30,36-20)25(27,28)24(29)32-10-5/h20-23,30H,6-19H2,1-5H3/t20-,21-,22+,23-,26-/m1/s1. The second-order valence-electron chi connectivity index (χ2n) is 9.10. The van der Waals surface area contributed by atoms with Crippen LogP contribution in [0, 0.1) is 0 Å². The minimum atomic E-state index is -4.43. The molecule has 36 heavy (non-hydrogen) atoms. The Balaban J connectivity index is 3.47. The summed E-state index contributed by atoms with van der Waals surface area (Å²) in [6.07, 6.45) is 1.28. The molecule has 0 spiro atoms. The van der Waals surface area contributed by atoms with Crippen molar-refractivity contribution in [2.45, 2.75) is 122 Å². The van der Waals surface area contributed by atoms with Gasteiger partial charge in [0.15, 0.2) is 0 Å². The number of rotatable bonds is 20. The van der Waals surface area contributed by atoms with Crippen LogP contribution in [0.4, 0.5) is 8.78 Å². The average Bonchev–Trinajstić information content (AvgIpc) is 2.85. The smallest absolute Gasteiger partial charge is 0.397 e. The van der Waals surface area contributed by atoms with Gasteiger partial charge >= 0.3 is 11.9 Å². The third-order valence-corrected chi connectivity index (χ3v) is 6.02. The molecule has 1 aliphatic rings. The lowest BCUT2D eigenvalue weighted by molar-refractivity contribution is -0.415. The predicted molar refractivity (Wildman–Crippen MR) is 131 cm³/mol. The van der Waals surface area contributed by atoms with Gasteiger partial charge < -0.3 is 33.5 Å². The molecule has 1 fully saturated rings. The van der Waals surface area contributed by atoms with Crippen molar-refractivity contribution < 1.29 is 47.1 Å². The molecule has 0 aromatic heterocycles. The van der Waals surface area contributed by atoms with Crippen molar-refractivity contribution in [2.24, 2.45) is 0 Å². The summed E-state index contributed by atoms with van der Waals surface area (Å²) in [6.45, 7) is 9.98. The van der Waals surface area contributed by atoms with Crippen molar-refractivity contribution in [1.82, 2.24) is 0 Å². The largest absolute Gasteiger partial charge is 0.461 e. The number of hydrogen-bond acceptors (Lipinski definition) is 8. The molecule has 1 aliphatic heterocycles. The summed E-state index contributed by atoms with van der Waals surface area (Å²) in [7, 11) is 0. The molecule has 0 aromatic rings. The molecule has 0 aliphatic carbocycles. The Kier molecular flexibility index (Phi) is 16.2. The van der Waals surface area contributed by atoms with Crippen molar-refractivity contribution in [3.63, 3.8) is 0 Å². The van der Waals surface area contributed by atoms with Crippen LogP contribution < -0.4 is 0 Å². The molecule has 0 bridgehead atoms. The van der Waals surface area contributed by atoms with Crippen LogP contribution in [0.15, 0.2) is 0 Å². The fourth-order valence-corrected chi connectivity index (χ4v) is 3.84. The molecule has 1 rings (SSSR count). The van der Waals surface area contributed by atoms with Crippen LogP contribution in [0.1, 0.15) is 86.0 Å². The van der Waals surface area contributed by atoms with E-state index in [9.17, 15) is 9.90 Å². The monoisotopic (exact) mass is 526 g/mol. The third-order valence-electron chi connectivity index (χ3n) is 6.02. The topological polar surface area (TPSA) is 92.7 Å². The fraction of sp³-hybridized carbons (Fsp3) is 0.962. The van der Waals surface area contributed by atoms with Crippen molar-refractivity contribution in [2.75, 3.05) is 39.6 Å². The highest BCUT2D eigenvalue weighted by Gasteiger charge is 2.71. The van der Waals surface area contributed by atoms with Gasteiger partial charge in [0.05, 0.1) is 13.2 Å². The Morgan fingerprint density at radius 1 is 0.833 bits per heavy atom. The number of carbonyl (C=O) groups excluding carboxylic acids is 1. The van der Waals surface area contributed by atoms with Gasteiger partial charge in [-0.3, -0.25) is 0 Å². The summed E-state index contributed by atoms with van der Waals surface area (Å²) in [5.74, 6) is -9.66. The van der Waals surface area contributed by atoms with E-state index >= 15 is 8.78 Å². The minimum Gasteiger partial charge on any atom is -0.461 e. The highest BCUT2D eigenvalue weighted by atomic mass is 19.3. The first kappa shape index (κ1) is 33.1. The van der Waals surface area contributed by atoms with Crippen LogP contribution in [0.25, 0.3) is 0 Å². The van der Waals surface area contributed by atoms with Crippen LogP contribution >= 0.6 is 0 Å². The number of ether oxygens (including phenoxy) is 6. The zero-order valence-corrected chi connectivity index (χ0v) is 22.8. The van der Waals surface area contributed by atoms with E-state index in [0.717, 1.165) is 38.5 Å². The number of esters is 1. The first-order chi connectivity index (χ1) is 17.2. The van der Waals surface area contributed by atoms with E-state index in [1.807, 2.05) is 27.7 Å². The first-order valence-electron chi connectivity index (χ1n) is 13.6. The summed E-state index contributed by atoms with van der Waals surface area (Å²) in [6, 6.07) is 0. The molecule has 0 saturated carbocycles. The molecule has 8 nitrogen and oxygen atoms in total. The van der Waals surface area contributed by atoms with Crippen LogP contribution in [0.3, 0.4) is 0 Å². The van der Waals surface area contributed by atoms with Crippen molar-refractivity contribution in [1.29, 1.82) is 0 Å². The van der Waals surface area contributed by atoms with Gasteiger partial charge in [-0.2, -0.15) is 8.78 Å². The van der Waals surface area contributed by atoms with Gasteiger partial charge in [0.25, 0.3) is 5.79 Å².